The van der Waals surface area contributed by atoms with Gasteiger partial charge in [-0.15, -0.1) is 0 Å². The van der Waals surface area contributed by atoms with Gasteiger partial charge in [-0.2, -0.15) is 0 Å². The van der Waals surface area contributed by atoms with E-state index in [1.807, 2.05) is 45.0 Å². The van der Waals surface area contributed by atoms with Crippen LogP contribution in [0.25, 0.3) is 0 Å². The van der Waals surface area contributed by atoms with Crippen molar-refractivity contribution in [2.75, 3.05) is 11.9 Å². The van der Waals surface area contributed by atoms with Crippen molar-refractivity contribution < 1.29 is 4.79 Å². The number of hydrogen-bond donors (Lipinski definition) is 2. The molecule has 0 saturated carbocycles. The Morgan fingerprint density at radius 3 is 2.76 bits per heavy atom. The summed E-state index contributed by atoms with van der Waals surface area (Å²) >= 11 is 0. The second-order valence-electron chi connectivity index (χ2n) is 5.06. The summed E-state index contributed by atoms with van der Waals surface area (Å²) in [5, 5.41) is 6.18. The number of benzene rings is 1. The zero-order valence-corrected chi connectivity index (χ0v) is 12.7. The van der Waals surface area contributed by atoms with Gasteiger partial charge in [-0.05, 0) is 50.1 Å². The first-order valence-electron chi connectivity index (χ1n) is 7.14. The van der Waals surface area contributed by atoms with Gasteiger partial charge in [0.2, 0.25) is 0 Å². The Kier molecular flexibility index (Phi) is 4.93. The number of aryl methyl sites for hydroxylation is 2. The molecule has 0 spiro atoms. The second kappa shape index (κ2) is 6.88. The zero-order valence-electron chi connectivity index (χ0n) is 12.7. The van der Waals surface area contributed by atoms with Crippen molar-refractivity contribution in [2.24, 2.45) is 0 Å². The summed E-state index contributed by atoms with van der Waals surface area (Å²) in [6, 6.07) is 7.80. The molecule has 21 heavy (non-hydrogen) atoms. The smallest absolute Gasteiger partial charge is 0.253 e. The molecule has 1 aromatic heterocycles. The Balaban J connectivity index is 2.13. The van der Waals surface area contributed by atoms with E-state index in [9.17, 15) is 4.79 Å². The maximum absolute atomic E-state index is 12.4. The lowest BCUT2D eigenvalue weighted by Crippen LogP contribution is -2.24. The van der Waals surface area contributed by atoms with Gasteiger partial charge in [-0.1, -0.05) is 11.6 Å². The third-order valence-corrected chi connectivity index (χ3v) is 3.37. The summed E-state index contributed by atoms with van der Waals surface area (Å²) in [5.74, 6) is -0.0714. The number of amides is 1. The lowest BCUT2D eigenvalue weighted by Gasteiger charge is -2.12. The van der Waals surface area contributed by atoms with Crippen molar-refractivity contribution >= 4 is 11.6 Å². The van der Waals surface area contributed by atoms with Crippen LogP contribution >= 0.6 is 0 Å². The number of hydrogen-bond acceptors (Lipinski definition) is 3. The molecule has 0 aliphatic rings. The predicted octanol–water partition coefficient (Wildman–Crippen LogP) is 3.06. The van der Waals surface area contributed by atoms with E-state index in [-0.39, 0.29) is 5.91 Å². The molecular formula is C17H21N3O. The first-order chi connectivity index (χ1) is 10.1. The molecule has 1 amide bonds. The minimum atomic E-state index is -0.0714. The summed E-state index contributed by atoms with van der Waals surface area (Å²) in [5.41, 5.74) is 4.77. The van der Waals surface area contributed by atoms with Gasteiger partial charge in [-0.3, -0.25) is 9.78 Å². The fourth-order valence-corrected chi connectivity index (χ4v) is 2.14. The van der Waals surface area contributed by atoms with Crippen LogP contribution in [-0.4, -0.2) is 17.4 Å². The van der Waals surface area contributed by atoms with Gasteiger partial charge in [0.15, 0.2) is 0 Å². The van der Waals surface area contributed by atoms with E-state index in [1.165, 1.54) is 0 Å². The standard InChI is InChI=1S/C17H21N3O/c1-4-19-16-6-5-12(2)9-15(16)17(21)20-11-14-10-18-8-7-13(14)3/h5-10,19H,4,11H2,1-3H3,(H,20,21). The quantitative estimate of drug-likeness (QED) is 0.886. The van der Waals surface area contributed by atoms with Crippen LogP contribution in [0.2, 0.25) is 0 Å². The van der Waals surface area contributed by atoms with Crippen molar-refractivity contribution in [1.82, 2.24) is 10.3 Å². The number of carbonyl (C=O) groups excluding carboxylic acids is 1. The Morgan fingerprint density at radius 2 is 2.05 bits per heavy atom. The van der Waals surface area contributed by atoms with Crippen LogP contribution < -0.4 is 10.6 Å². The number of rotatable bonds is 5. The highest BCUT2D eigenvalue weighted by atomic mass is 16.1. The van der Waals surface area contributed by atoms with Gasteiger partial charge in [-0.25, -0.2) is 0 Å². The van der Waals surface area contributed by atoms with Gasteiger partial charge in [0, 0.05) is 31.2 Å². The molecule has 110 valence electrons. The van der Waals surface area contributed by atoms with Crippen LogP contribution in [0, 0.1) is 13.8 Å². The van der Waals surface area contributed by atoms with E-state index in [0.717, 1.165) is 28.9 Å². The molecule has 2 N–H and O–H groups in total. The van der Waals surface area contributed by atoms with Crippen LogP contribution in [0.1, 0.15) is 34.0 Å². The average Bonchev–Trinajstić information content (AvgIpc) is 2.48. The monoisotopic (exact) mass is 283 g/mol. The van der Waals surface area contributed by atoms with E-state index < -0.39 is 0 Å². The zero-order chi connectivity index (χ0) is 15.2. The van der Waals surface area contributed by atoms with Gasteiger partial charge >= 0.3 is 0 Å². The van der Waals surface area contributed by atoms with E-state index in [2.05, 4.69) is 15.6 Å². The minimum absolute atomic E-state index is 0.0714. The lowest BCUT2D eigenvalue weighted by molar-refractivity contribution is 0.0951. The van der Waals surface area contributed by atoms with Gasteiger partial charge in [0.05, 0.1) is 5.56 Å². The number of pyridine rings is 1. The summed E-state index contributed by atoms with van der Waals surface area (Å²) in [6.07, 6.45) is 3.54. The SMILES string of the molecule is CCNc1ccc(C)cc1C(=O)NCc1cnccc1C. The number of carbonyl (C=O) groups is 1. The molecule has 1 aromatic carbocycles. The van der Waals surface area contributed by atoms with Gasteiger partial charge in [0.25, 0.3) is 5.91 Å². The first-order valence-corrected chi connectivity index (χ1v) is 7.14. The molecular weight excluding hydrogens is 262 g/mol. The van der Waals surface area contributed by atoms with Crippen LogP contribution in [0.4, 0.5) is 5.69 Å². The number of anilines is 1. The van der Waals surface area contributed by atoms with Crippen molar-refractivity contribution in [3.8, 4) is 0 Å². The fourth-order valence-electron chi connectivity index (χ4n) is 2.14. The molecule has 1 heterocycles. The lowest BCUT2D eigenvalue weighted by atomic mass is 10.1. The van der Waals surface area contributed by atoms with E-state index in [4.69, 9.17) is 0 Å². The maximum atomic E-state index is 12.4. The molecule has 4 heteroatoms. The van der Waals surface area contributed by atoms with Crippen LogP contribution in [0.5, 0.6) is 0 Å². The fraction of sp³-hybridized carbons (Fsp3) is 0.294. The van der Waals surface area contributed by atoms with Crippen LogP contribution in [-0.2, 0) is 6.54 Å². The Morgan fingerprint density at radius 1 is 1.24 bits per heavy atom. The normalized spacial score (nSPS) is 10.2. The molecule has 0 atom stereocenters. The third kappa shape index (κ3) is 3.81. The second-order valence-corrected chi connectivity index (χ2v) is 5.06. The molecule has 0 aliphatic carbocycles. The summed E-state index contributed by atoms with van der Waals surface area (Å²) < 4.78 is 0. The molecule has 0 radical (unpaired) electrons. The Hall–Kier alpha value is -2.36. The predicted molar refractivity (Wildman–Crippen MR) is 85.5 cm³/mol. The molecule has 2 rings (SSSR count). The van der Waals surface area contributed by atoms with Crippen molar-refractivity contribution in [2.45, 2.75) is 27.3 Å². The molecule has 2 aromatic rings. The molecule has 4 nitrogen and oxygen atoms in total. The highest BCUT2D eigenvalue weighted by Crippen LogP contribution is 2.17. The highest BCUT2D eigenvalue weighted by Gasteiger charge is 2.11. The van der Waals surface area contributed by atoms with Crippen LogP contribution in [0.3, 0.4) is 0 Å². The molecule has 0 unspecified atom stereocenters. The van der Waals surface area contributed by atoms with E-state index in [1.54, 1.807) is 12.4 Å². The topological polar surface area (TPSA) is 54.0 Å². The molecule has 0 aliphatic heterocycles. The average molecular weight is 283 g/mol. The summed E-state index contributed by atoms with van der Waals surface area (Å²) in [6.45, 7) is 7.28. The number of nitrogens with one attached hydrogen (secondary N) is 2. The van der Waals surface area contributed by atoms with Crippen LogP contribution in [0.15, 0.2) is 36.7 Å². The first kappa shape index (κ1) is 15.0. The molecule has 0 saturated heterocycles. The number of nitrogens with zero attached hydrogens (tertiary/aromatic N) is 1. The van der Waals surface area contributed by atoms with E-state index in [0.29, 0.717) is 12.1 Å². The summed E-state index contributed by atoms with van der Waals surface area (Å²) in [7, 11) is 0. The maximum Gasteiger partial charge on any atom is 0.253 e. The van der Waals surface area contributed by atoms with Crippen molar-refractivity contribution in [1.29, 1.82) is 0 Å². The van der Waals surface area contributed by atoms with E-state index >= 15 is 0 Å². The molecule has 0 bridgehead atoms. The third-order valence-electron chi connectivity index (χ3n) is 3.37. The molecule has 0 fully saturated rings. The number of aromatic nitrogens is 1. The minimum Gasteiger partial charge on any atom is -0.385 e. The highest BCUT2D eigenvalue weighted by molar-refractivity contribution is 5.99. The Labute approximate surface area is 125 Å². The van der Waals surface area contributed by atoms with Gasteiger partial charge < -0.3 is 10.6 Å². The van der Waals surface area contributed by atoms with Crippen molar-refractivity contribution in [3.63, 3.8) is 0 Å². The Bertz CT molecular complexity index is 638. The van der Waals surface area contributed by atoms with Crippen molar-refractivity contribution in [3.05, 3.63) is 58.9 Å². The summed E-state index contributed by atoms with van der Waals surface area (Å²) in [4.78, 5) is 16.5. The largest absolute Gasteiger partial charge is 0.385 e. The van der Waals surface area contributed by atoms with Gasteiger partial charge in [0.1, 0.15) is 0 Å².